The molecule has 1 aromatic heterocycles. The van der Waals surface area contributed by atoms with Crippen LogP contribution in [0.4, 0.5) is 21.6 Å². The van der Waals surface area contributed by atoms with E-state index < -0.39 is 0 Å². The van der Waals surface area contributed by atoms with Crippen molar-refractivity contribution in [2.75, 3.05) is 16.8 Å². The SMILES string of the molecule is Cc1nc(Nc2cccc(F)c2)cc(C(=O)N2CCCc3ccccc32)n1. The average molecular weight is 362 g/mol. The molecule has 6 heteroatoms. The molecule has 0 radical (unpaired) electrons. The van der Waals surface area contributed by atoms with Gasteiger partial charge in [-0.15, -0.1) is 0 Å². The van der Waals surface area contributed by atoms with Crippen LogP contribution in [-0.2, 0) is 6.42 Å². The van der Waals surface area contributed by atoms with E-state index in [9.17, 15) is 9.18 Å². The first kappa shape index (κ1) is 17.1. The van der Waals surface area contributed by atoms with Crippen LogP contribution < -0.4 is 10.2 Å². The van der Waals surface area contributed by atoms with Crippen molar-refractivity contribution in [1.82, 2.24) is 9.97 Å². The van der Waals surface area contributed by atoms with E-state index in [0.29, 0.717) is 29.6 Å². The molecule has 1 aliphatic heterocycles. The third-order valence-corrected chi connectivity index (χ3v) is 4.51. The van der Waals surface area contributed by atoms with Gasteiger partial charge in [-0.1, -0.05) is 24.3 Å². The Morgan fingerprint density at radius 1 is 1.11 bits per heavy atom. The van der Waals surface area contributed by atoms with Crippen molar-refractivity contribution in [3.63, 3.8) is 0 Å². The number of carbonyl (C=O) groups excluding carboxylic acids is 1. The molecule has 27 heavy (non-hydrogen) atoms. The summed E-state index contributed by atoms with van der Waals surface area (Å²) in [6.45, 7) is 2.39. The highest BCUT2D eigenvalue weighted by atomic mass is 19.1. The molecule has 0 unspecified atom stereocenters. The third kappa shape index (κ3) is 3.65. The molecule has 1 amide bonds. The fraction of sp³-hybridized carbons (Fsp3) is 0.190. The van der Waals surface area contributed by atoms with E-state index in [-0.39, 0.29) is 11.7 Å². The van der Waals surface area contributed by atoms with E-state index in [2.05, 4.69) is 21.4 Å². The Balaban J connectivity index is 1.64. The number of hydrogen-bond acceptors (Lipinski definition) is 4. The fourth-order valence-electron chi connectivity index (χ4n) is 3.34. The van der Waals surface area contributed by atoms with Crippen LogP contribution in [0.25, 0.3) is 0 Å². The second-order valence-corrected chi connectivity index (χ2v) is 6.51. The minimum atomic E-state index is -0.341. The summed E-state index contributed by atoms with van der Waals surface area (Å²) in [4.78, 5) is 23.5. The number of carbonyl (C=O) groups is 1. The summed E-state index contributed by atoms with van der Waals surface area (Å²) in [6, 6.07) is 15.7. The fourth-order valence-corrected chi connectivity index (χ4v) is 3.34. The Kier molecular flexibility index (Phi) is 4.54. The van der Waals surface area contributed by atoms with E-state index in [0.717, 1.165) is 18.5 Å². The van der Waals surface area contributed by atoms with Gasteiger partial charge >= 0.3 is 0 Å². The van der Waals surface area contributed by atoms with Gasteiger partial charge in [-0.3, -0.25) is 4.79 Å². The summed E-state index contributed by atoms with van der Waals surface area (Å²) in [5.74, 6) is 0.439. The lowest BCUT2D eigenvalue weighted by Gasteiger charge is -2.29. The maximum Gasteiger partial charge on any atom is 0.277 e. The molecule has 136 valence electrons. The summed E-state index contributed by atoms with van der Waals surface area (Å²) < 4.78 is 13.4. The standard InChI is InChI=1S/C21H19FN4O/c1-14-23-18(13-20(24-14)25-17-9-4-8-16(22)12-17)21(27)26-11-5-7-15-6-2-3-10-19(15)26/h2-4,6,8-10,12-13H,5,7,11H2,1H3,(H,23,24,25). The zero-order chi connectivity index (χ0) is 18.8. The zero-order valence-electron chi connectivity index (χ0n) is 14.9. The molecule has 4 rings (SSSR count). The lowest BCUT2D eigenvalue weighted by Crippen LogP contribution is -2.36. The molecule has 0 atom stereocenters. The van der Waals surface area contributed by atoms with Gasteiger partial charge in [0.05, 0.1) is 0 Å². The van der Waals surface area contributed by atoms with Crippen LogP contribution in [0.2, 0.25) is 0 Å². The van der Waals surface area contributed by atoms with Gasteiger partial charge in [-0.05, 0) is 49.6 Å². The first-order valence-corrected chi connectivity index (χ1v) is 8.88. The Labute approximate surface area is 156 Å². The highest BCUT2D eigenvalue weighted by molar-refractivity contribution is 6.05. The average Bonchev–Trinajstić information content (AvgIpc) is 2.66. The normalized spacial score (nSPS) is 13.2. The topological polar surface area (TPSA) is 58.1 Å². The molecule has 2 aromatic carbocycles. The van der Waals surface area contributed by atoms with Crippen molar-refractivity contribution in [3.05, 3.63) is 77.5 Å². The molecule has 5 nitrogen and oxygen atoms in total. The Hall–Kier alpha value is -3.28. The maximum atomic E-state index is 13.4. The number of rotatable bonds is 3. The first-order chi connectivity index (χ1) is 13.1. The largest absolute Gasteiger partial charge is 0.340 e. The van der Waals surface area contributed by atoms with Crippen LogP contribution in [0.1, 0.15) is 28.3 Å². The molecule has 0 saturated carbocycles. The first-order valence-electron chi connectivity index (χ1n) is 8.88. The van der Waals surface area contributed by atoms with Crippen molar-refractivity contribution in [2.24, 2.45) is 0 Å². The smallest absolute Gasteiger partial charge is 0.277 e. The van der Waals surface area contributed by atoms with Gasteiger partial charge in [-0.2, -0.15) is 0 Å². The minimum absolute atomic E-state index is 0.157. The van der Waals surface area contributed by atoms with Gasteiger partial charge in [0, 0.05) is 24.0 Å². The number of nitrogens with zero attached hydrogens (tertiary/aromatic N) is 3. The number of aromatic nitrogens is 2. The van der Waals surface area contributed by atoms with Crippen molar-refractivity contribution >= 4 is 23.1 Å². The lowest BCUT2D eigenvalue weighted by molar-refractivity contribution is 0.0980. The van der Waals surface area contributed by atoms with Crippen molar-refractivity contribution in [1.29, 1.82) is 0 Å². The number of halogens is 1. The predicted octanol–water partition coefficient (Wildman–Crippen LogP) is 4.26. The van der Waals surface area contributed by atoms with E-state index in [1.807, 2.05) is 18.2 Å². The van der Waals surface area contributed by atoms with Crippen LogP contribution in [-0.4, -0.2) is 22.4 Å². The van der Waals surface area contributed by atoms with Crippen LogP contribution in [0, 0.1) is 12.7 Å². The Morgan fingerprint density at radius 3 is 2.81 bits per heavy atom. The van der Waals surface area contributed by atoms with Gasteiger partial charge in [0.25, 0.3) is 5.91 Å². The van der Waals surface area contributed by atoms with E-state index in [1.54, 1.807) is 30.0 Å². The number of anilines is 3. The maximum absolute atomic E-state index is 13.4. The molecule has 0 fully saturated rings. The summed E-state index contributed by atoms with van der Waals surface area (Å²) >= 11 is 0. The van der Waals surface area contributed by atoms with Crippen LogP contribution >= 0.6 is 0 Å². The lowest BCUT2D eigenvalue weighted by atomic mass is 10.0. The number of para-hydroxylation sites is 1. The van der Waals surface area contributed by atoms with E-state index in [1.165, 1.54) is 17.7 Å². The number of benzene rings is 2. The van der Waals surface area contributed by atoms with Gasteiger partial charge < -0.3 is 10.2 Å². The van der Waals surface area contributed by atoms with Gasteiger partial charge in [0.2, 0.25) is 0 Å². The van der Waals surface area contributed by atoms with E-state index in [4.69, 9.17) is 0 Å². The van der Waals surface area contributed by atoms with Crippen LogP contribution in [0.3, 0.4) is 0 Å². The molecular formula is C21H19FN4O. The Morgan fingerprint density at radius 2 is 1.96 bits per heavy atom. The molecule has 0 saturated heterocycles. The van der Waals surface area contributed by atoms with Crippen molar-refractivity contribution in [3.8, 4) is 0 Å². The molecule has 0 spiro atoms. The quantitative estimate of drug-likeness (QED) is 0.756. The molecule has 0 bridgehead atoms. The van der Waals surface area contributed by atoms with Crippen LogP contribution in [0.15, 0.2) is 54.6 Å². The number of aryl methyl sites for hydroxylation is 2. The number of hydrogen-bond donors (Lipinski definition) is 1. The minimum Gasteiger partial charge on any atom is -0.340 e. The summed E-state index contributed by atoms with van der Waals surface area (Å²) in [5.41, 5.74) is 2.98. The molecule has 0 aliphatic carbocycles. The number of nitrogens with one attached hydrogen (secondary N) is 1. The molecule has 1 N–H and O–H groups in total. The van der Waals surface area contributed by atoms with Gasteiger partial charge in [-0.25, -0.2) is 14.4 Å². The molecule has 2 heterocycles. The zero-order valence-corrected chi connectivity index (χ0v) is 14.9. The molecular weight excluding hydrogens is 343 g/mol. The number of fused-ring (bicyclic) bond motifs is 1. The van der Waals surface area contributed by atoms with Gasteiger partial charge in [0.15, 0.2) is 0 Å². The summed E-state index contributed by atoms with van der Waals surface area (Å²) in [6.07, 6.45) is 1.89. The van der Waals surface area contributed by atoms with Crippen LogP contribution in [0.5, 0.6) is 0 Å². The highest BCUT2D eigenvalue weighted by Gasteiger charge is 2.24. The number of amides is 1. The predicted molar refractivity (Wildman–Crippen MR) is 103 cm³/mol. The molecule has 3 aromatic rings. The molecule has 1 aliphatic rings. The highest BCUT2D eigenvalue weighted by Crippen LogP contribution is 2.28. The third-order valence-electron chi connectivity index (χ3n) is 4.51. The second-order valence-electron chi connectivity index (χ2n) is 6.51. The monoisotopic (exact) mass is 362 g/mol. The second kappa shape index (κ2) is 7.15. The van der Waals surface area contributed by atoms with Gasteiger partial charge in [0.1, 0.15) is 23.2 Å². The van der Waals surface area contributed by atoms with Crippen molar-refractivity contribution < 1.29 is 9.18 Å². The van der Waals surface area contributed by atoms with Crippen molar-refractivity contribution in [2.45, 2.75) is 19.8 Å². The Bertz CT molecular complexity index is 1000. The summed E-state index contributed by atoms with van der Waals surface area (Å²) in [5, 5.41) is 3.04. The van der Waals surface area contributed by atoms with E-state index >= 15 is 0 Å². The summed E-state index contributed by atoms with van der Waals surface area (Å²) in [7, 11) is 0.